The standard InChI is InChI=1S/C10H7F5N4/c11-9(12,10(13,14)15)8-16-18-19(17-8)6-7-4-2-1-3-5-7/h1-5H,6H2. The molecule has 0 bridgehead atoms. The minimum Gasteiger partial charge on any atom is -0.187 e. The van der Waals surface area contributed by atoms with Crippen LogP contribution in [0.3, 0.4) is 0 Å². The van der Waals surface area contributed by atoms with E-state index in [4.69, 9.17) is 0 Å². The first kappa shape index (κ1) is 13.4. The van der Waals surface area contributed by atoms with Gasteiger partial charge in [-0.05, 0) is 10.8 Å². The van der Waals surface area contributed by atoms with Crippen molar-refractivity contribution in [3.05, 3.63) is 41.7 Å². The first-order chi connectivity index (χ1) is 8.80. The van der Waals surface area contributed by atoms with E-state index in [1.165, 1.54) is 0 Å². The normalized spacial score (nSPS) is 12.7. The lowest BCUT2D eigenvalue weighted by molar-refractivity contribution is -0.292. The molecule has 1 aromatic carbocycles. The molecule has 0 unspecified atom stereocenters. The molecule has 0 fully saturated rings. The summed E-state index contributed by atoms with van der Waals surface area (Å²) in [6.07, 6.45) is -5.74. The molecule has 9 heteroatoms. The van der Waals surface area contributed by atoms with E-state index in [2.05, 4.69) is 15.4 Å². The van der Waals surface area contributed by atoms with E-state index in [0.717, 1.165) is 0 Å². The van der Waals surface area contributed by atoms with Gasteiger partial charge in [0, 0.05) is 0 Å². The topological polar surface area (TPSA) is 43.6 Å². The Bertz CT molecular complexity index is 549. The zero-order valence-corrected chi connectivity index (χ0v) is 9.27. The van der Waals surface area contributed by atoms with Crippen molar-refractivity contribution in [3.8, 4) is 0 Å². The smallest absolute Gasteiger partial charge is 0.187 e. The summed E-state index contributed by atoms with van der Waals surface area (Å²) in [7, 11) is 0. The van der Waals surface area contributed by atoms with Crippen molar-refractivity contribution >= 4 is 0 Å². The molecule has 4 nitrogen and oxygen atoms in total. The maximum atomic E-state index is 12.9. The number of aromatic nitrogens is 4. The second-order valence-corrected chi connectivity index (χ2v) is 3.70. The van der Waals surface area contributed by atoms with Crippen LogP contribution in [-0.4, -0.2) is 26.4 Å². The molecule has 0 spiro atoms. The summed E-state index contributed by atoms with van der Waals surface area (Å²) in [6, 6.07) is 8.44. The van der Waals surface area contributed by atoms with E-state index < -0.39 is 17.9 Å². The van der Waals surface area contributed by atoms with Crippen LogP contribution >= 0.6 is 0 Å². The number of hydrogen-bond acceptors (Lipinski definition) is 3. The van der Waals surface area contributed by atoms with Crippen LogP contribution in [0.25, 0.3) is 0 Å². The third-order valence-corrected chi connectivity index (χ3v) is 2.26. The average molecular weight is 278 g/mol. The molecule has 19 heavy (non-hydrogen) atoms. The number of tetrazole rings is 1. The average Bonchev–Trinajstić information content (AvgIpc) is 2.78. The van der Waals surface area contributed by atoms with Crippen LogP contribution in [0.15, 0.2) is 30.3 Å². The molecular weight excluding hydrogens is 271 g/mol. The van der Waals surface area contributed by atoms with E-state index in [1.807, 2.05) is 0 Å². The third kappa shape index (κ3) is 2.69. The van der Waals surface area contributed by atoms with E-state index in [-0.39, 0.29) is 6.54 Å². The molecule has 0 aliphatic heterocycles. The number of alkyl halides is 5. The fourth-order valence-corrected chi connectivity index (χ4v) is 1.31. The van der Waals surface area contributed by atoms with Crippen molar-refractivity contribution in [3.63, 3.8) is 0 Å². The second-order valence-electron chi connectivity index (χ2n) is 3.70. The second kappa shape index (κ2) is 4.56. The first-order valence-corrected chi connectivity index (χ1v) is 5.07. The number of nitrogens with zero attached hydrogens (tertiary/aromatic N) is 4. The van der Waals surface area contributed by atoms with Gasteiger partial charge in [0.05, 0.1) is 6.54 Å². The molecule has 2 aromatic rings. The van der Waals surface area contributed by atoms with E-state index >= 15 is 0 Å². The molecule has 0 radical (unpaired) electrons. The molecule has 0 atom stereocenters. The summed E-state index contributed by atoms with van der Waals surface area (Å²) in [5.74, 6) is -6.77. The van der Waals surface area contributed by atoms with Crippen molar-refractivity contribution in [2.45, 2.75) is 18.6 Å². The number of hydrogen-bond donors (Lipinski definition) is 0. The molecule has 0 N–H and O–H groups in total. The Labute approximate surface area is 103 Å². The summed E-state index contributed by atoms with van der Waals surface area (Å²) >= 11 is 0. The van der Waals surface area contributed by atoms with Gasteiger partial charge in [0.1, 0.15) is 0 Å². The SMILES string of the molecule is FC(F)(F)C(F)(F)c1nnn(Cc2ccccc2)n1. The van der Waals surface area contributed by atoms with Crippen molar-refractivity contribution in [1.82, 2.24) is 20.2 Å². The lowest BCUT2D eigenvalue weighted by Gasteiger charge is -2.14. The molecule has 0 amide bonds. The van der Waals surface area contributed by atoms with Crippen molar-refractivity contribution in [2.75, 3.05) is 0 Å². The van der Waals surface area contributed by atoms with E-state index in [9.17, 15) is 22.0 Å². The van der Waals surface area contributed by atoms with Crippen LogP contribution in [0.1, 0.15) is 11.4 Å². The monoisotopic (exact) mass is 278 g/mol. The molecule has 0 saturated carbocycles. The molecule has 0 aliphatic rings. The minimum absolute atomic E-state index is 0.0399. The Morgan fingerprint density at radius 2 is 1.63 bits per heavy atom. The zero-order chi connectivity index (χ0) is 14.1. The lowest BCUT2D eigenvalue weighted by Crippen LogP contribution is -2.35. The summed E-state index contributed by atoms with van der Waals surface area (Å²) < 4.78 is 62.1. The molecule has 2 rings (SSSR count). The first-order valence-electron chi connectivity index (χ1n) is 5.07. The predicted octanol–water partition coefficient (Wildman–Crippen LogP) is 2.38. The number of rotatable bonds is 3. The molecule has 0 aliphatic carbocycles. The Morgan fingerprint density at radius 3 is 2.21 bits per heavy atom. The van der Waals surface area contributed by atoms with Crippen molar-refractivity contribution in [1.29, 1.82) is 0 Å². The maximum absolute atomic E-state index is 12.9. The minimum atomic E-state index is -5.74. The molecular formula is C10H7F5N4. The van der Waals surface area contributed by atoms with Crippen LogP contribution in [0.2, 0.25) is 0 Å². The Hall–Kier alpha value is -2.06. The quantitative estimate of drug-likeness (QED) is 0.810. The van der Waals surface area contributed by atoms with Gasteiger partial charge in [-0.15, -0.1) is 10.2 Å². The van der Waals surface area contributed by atoms with Gasteiger partial charge in [0.25, 0.3) is 5.82 Å². The molecule has 0 saturated heterocycles. The maximum Gasteiger partial charge on any atom is 0.461 e. The largest absolute Gasteiger partial charge is 0.461 e. The van der Waals surface area contributed by atoms with Crippen LogP contribution in [-0.2, 0) is 12.5 Å². The van der Waals surface area contributed by atoms with Gasteiger partial charge in [0.15, 0.2) is 0 Å². The Balaban J connectivity index is 2.20. The van der Waals surface area contributed by atoms with Crippen LogP contribution in [0.4, 0.5) is 22.0 Å². The van der Waals surface area contributed by atoms with Crippen molar-refractivity contribution < 1.29 is 22.0 Å². The van der Waals surface area contributed by atoms with Gasteiger partial charge in [0.2, 0.25) is 0 Å². The molecule has 1 heterocycles. The summed E-state index contributed by atoms with van der Waals surface area (Å²) in [4.78, 5) is 0.685. The Morgan fingerprint density at radius 1 is 1.00 bits per heavy atom. The fraction of sp³-hybridized carbons (Fsp3) is 0.300. The lowest BCUT2D eigenvalue weighted by atomic mass is 10.2. The van der Waals surface area contributed by atoms with E-state index in [0.29, 0.717) is 10.4 Å². The summed E-state index contributed by atoms with van der Waals surface area (Å²) in [6.45, 7) is -0.0399. The third-order valence-electron chi connectivity index (χ3n) is 2.26. The van der Waals surface area contributed by atoms with Crippen molar-refractivity contribution in [2.24, 2.45) is 0 Å². The highest BCUT2D eigenvalue weighted by atomic mass is 19.4. The fourth-order valence-electron chi connectivity index (χ4n) is 1.31. The highest BCUT2D eigenvalue weighted by Gasteiger charge is 2.62. The van der Waals surface area contributed by atoms with Gasteiger partial charge in [-0.3, -0.25) is 0 Å². The highest BCUT2D eigenvalue weighted by molar-refractivity contribution is 5.14. The number of halogens is 5. The van der Waals surface area contributed by atoms with Gasteiger partial charge < -0.3 is 0 Å². The van der Waals surface area contributed by atoms with Crippen LogP contribution in [0.5, 0.6) is 0 Å². The van der Waals surface area contributed by atoms with Gasteiger partial charge >= 0.3 is 12.1 Å². The number of benzene rings is 1. The highest BCUT2D eigenvalue weighted by Crippen LogP contribution is 2.41. The van der Waals surface area contributed by atoms with Gasteiger partial charge in [-0.1, -0.05) is 30.3 Å². The van der Waals surface area contributed by atoms with Gasteiger partial charge in [-0.2, -0.15) is 26.7 Å². The zero-order valence-electron chi connectivity index (χ0n) is 9.27. The molecule has 1 aromatic heterocycles. The molecule has 102 valence electrons. The van der Waals surface area contributed by atoms with Gasteiger partial charge in [-0.25, -0.2) is 0 Å². The summed E-state index contributed by atoms with van der Waals surface area (Å²) in [5, 5.41) is 9.02. The van der Waals surface area contributed by atoms with Crippen LogP contribution < -0.4 is 0 Å². The Kier molecular flexibility index (Phi) is 3.21. The predicted molar refractivity (Wildman–Crippen MR) is 53.3 cm³/mol. The summed E-state index contributed by atoms with van der Waals surface area (Å²) in [5.41, 5.74) is 0.654. The van der Waals surface area contributed by atoms with E-state index in [1.54, 1.807) is 30.3 Å². The van der Waals surface area contributed by atoms with Crippen LogP contribution in [0, 0.1) is 0 Å².